The second kappa shape index (κ2) is 9.28. The fourth-order valence-electron chi connectivity index (χ4n) is 2.68. The molecule has 3 N–H and O–H groups in total. The minimum Gasteiger partial charge on any atom is -0.397 e. The lowest BCUT2D eigenvalue weighted by Crippen LogP contribution is -2.16. The molecule has 0 atom stereocenters. The molecule has 0 saturated heterocycles. The van der Waals surface area contributed by atoms with E-state index >= 15 is 0 Å². The Kier molecular flexibility index (Phi) is 7.26. The van der Waals surface area contributed by atoms with Crippen LogP contribution < -0.4 is 10.5 Å². The molecule has 2 aromatic carbocycles. The van der Waals surface area contributed by atoms with Crippen LogP contribution in [-0.2, 0) is 10.0 Å². The summed E-state index contributed by atoms with van der Waals surface area (Å²) in [5, 5.41) is 0. The van der Waals surface area contributed by atoms with Crippen LogP contribution in [0.4, 0.5) is 20.2 Å². The van der Waals surface area contributed by atoms with Gasteiger partial charge in [0, 0.05) is 16.0 Å². The number of halogens is 2. The zero-order valence-corrected chi connectivity index (χ0v) is 17.8. The van der Waals surface area contributed by atoms with Crippen molar-refractivity contribution in [2.75, 3.05) is 10.5 Å². The second-order valence-electron chi connectivity index (χ2n) is 5.96. The summed E-state index contributed by atoms with van der Waals surface area (Å²) in [5.41, 5.74) is 7.71. The summed E-state index contributed by atoms with van der Waals surface area (Å²) in [4.78, 5) is 0.849. The molecule has 0 amide bonds. The quantitative estimate of drug-likeness (QED) is 0.391. The smallest absolute Gasteiger partial charge is 0.264 e. The van der Waals surface area contributed by atoms with Gasteiger partial charge in [-0.3, -0.25) is 4.72 Å². The Hall–Kier alpha value is -2.58. The third kappa shape index (κ3) is 4.89. The standard InChI is InChI=1S/C21H22F2N2O2S2/c1-5-14(6-2)28-19-12-18(15(7-3)16(8-4)21(19)24)25-29(26,27)20-11-13(22)9-10-17(20)23/h5,7-12,25H,3-4,6,24H2,1-2H3/b14-5+. The van der Waals surface area contributed by atoms with Gasteiger partial charge in [-0.15, -0.1) is 0 Å². The van der Waals surface area contributed by atoms with Crippen molar-refractivity contribution in [1.82, 2.24) is 0 Å². The lowest BCUT2D eigenvalue weighted by molar-refractivity contribution is 0.555. The second-order valence-corrected chi connectivity index (χ2v) is 8.78. The van der Waals surface area contributed by atoms with Crippen LogP contribution in [0.15, 0.2) is 58.2 Å². The van der Waals surface area contributed by atoms with E-state index in [4.69, 9.17) is 5.73 Å². The summed E-state index contributed by atoms with van der Waals surface area (Å²) in [6, 6.07) is 3.79. The van der Waals surface area contributed by atoms with Crippen molar-refractivity contribution in [2.45, 2.75) is 30.1 Å². The van der Waals surface area contributed by atoms with Crippen molar-refractivity contribution < 1.29 is 17.2 Å². The lowest BCUT2D eigenvalue weighted by atomic mass is 10.0. The number of hydrogen-bond acceptors (Lipinski definition) is 4. The van der Waals surface area contributed by atoms with Crippen molar-refractivity contribution in [2.24, 2.45) is 0 Å². The number of anilines is 2. The highest BCUT2D eigenvalue weighted by atomic mass is 32.2. The fraction of sp³-hybridized carbons (Fsp3) is 0.143. The molecule has 154 valence electrons. The molecule has 0 aliphatic heterocycles. The van der Waals surface area contributed by atoms with Crippen LogP contribution in [0.3, 0.4) is 0 Å². The van der Waals surface area contributed by atoms with E-state index in [0.29, 0.717) is 27.8 Å². The number of nitrogens with one attached hydrogen (secondary N) is 1. The molecule has 0 fully saturated rings. The summed E-state index contributed by atoms with van der Waals surface area (Å²) in [5.74, 6) is -1.92. The zero-order valence-electron chi connectivity index (χ0n) is 16.1. The van der Waals surface area contributed by atoms with Crippen LogP contribution in [0.5, 0.6) is 0 Å². The van der Waals surface area contributed by atoms with E-state index < -0.39 is 26.6 Å². The van der Waals surface area contributed by atoms with E-state index in [0.717, 1.165) is 23.5 Å². The molecule has 0 spiro atoms. The van der Waals surface area contributed by atoms with E-state index in [2.05, 4.69) is 17.9 Å². The average Bonchev–Trinajstić information content (AvgIpc) is 2.69. The van der Waals surface area contributed by atoms with E-state index in [-0.39, 0.29) is 5.69 Å². The summed E-state index contributed by atoms with van der Waals surface area (Å²) in [6.07, 6.45) is 5.63. The molecule has 0 heterocycles. The minimum absolute atomic E-state index is 0.141. The Morgan fingerprint density at radius 2 is 1.86 bits per heavy atom. The molecule has 0 radical (unpaired) electrons. The summed E-state index contributed by atoms with van der Waals surface area (Å²) < 4.78 is 55.4. The average molecular weight is 437 g/mol. The van der Waals surface area contributed by atoms with Crippen molar-refractivity contribution in [3.05, 3.63) is 71.2 Å². The number of hydrogen-bond donors (Lipinski definition) is 2. The highest BCUT2D eigenvalue weighted by molar-refractivity contribution is 8.03. The number of benzene rings is 2. The largest absolute Gasteiger partial charge is 0.397 e. The fourth-order valence-corrected chi connectivity index (χ4v) is 4.78. The molecule has 0 aliphatic rings. The Balaban J connectivity index is 2.66. The van der Waals surface area contributed by atoms with Crippen molar-refractivity contribution in [3.63, 3.8) is 0 Å². The van der Waals surface area contributed by atoms with Gasteiger partial charge in [0.1, 0.15) is 16.5 Å². The monoisotopic (exact) mass is 436 g/mol. The van der Waals surface area contributed by atoms with Gasteiger partial charge >= 0.3 is 0 Å². The van der Waals surface area contributed by atoms with Crippen LogP contribution >= 0.6 is 11.8 Å². The molecular weight excluding hydrogens is 414 g/mol. The molecular formula is C21H22F2N2O2S2. The SMILES string of the molecule is C=Cc1c(NS(=O)(=O)c2cc(F)ccc2F)cc(S/C(=C/C)CC)c(N)c1C=C. The Bertz CT molecular complexity index is 1090. The first kappa shape index (κ1) is 22.7. The number of thioether (sulfide) groups is 1. The molecule has 4 nitrogen and oxygen atoms in total. The number of rotatable bonds is 8. The number of nitrogens with two attached hydrogens (primary N) is 1. The number of allylic oxidation sites excluding steroid dienone is 2. The van der Waals surface area contributed by atoms with Crippen LogP contribution in [0.25, 0.3) is 12.2 Å². The number of sulfonamides is 1. The van der Waals surface area contributed by atoms with Crippen molar-refractivity contribution in [1.29, 1.82) is 0 Å². The van der Waals surface area contributed by atoms with E-state index in [1.807, 2.05) is 19.9 Å². The van der Waals surface area contributed by atoms with Crippen LogP contribution in [0, 0.1) is 11.6 Å². The predicted molar refractivity (Wildman–Crippen MR) is 118 cm³/mol. The molecule has 2 aromatic rings. The maximum atomic E-state index is 14.0. The topological polar surface area (TPSA) is 72.2 Å². The summed E-state index contributed by atoms with van der Waals surface area (Å²) in [6.45, 7) is 11.3. The van der Waals surface area contributed by atoms with Gasteiger partial charge in [-0.1, -0.05) is 50.1 Å². The van der Waals surface area contributed by atoms with E-state index in [1.165, 1.54) is 23.9 Å². The van der Waals surface area contributed by atoms with Gasteiger partial charge in [0.15, 0.2) is 0 Å². The summed E-state index contributed by atoms with van der Waals surface area (Å²) >= 11 is 1.39. The van der Waals surface area contributed by atoms with Gasteiger partial charge in [-0.05, 0) is 42.5 Å². The van der Waals surface area contributed by atoms with Gasteiger partial charge in [0.05, 0.1) is 11.4 Å². The van der Waals surface area contributed by atoms with Gasteiger partial charge in [0.2, 0.25) is 0 Å². The summed E-state index contributed by atoms with van der Waals surface area (Å²) in [7, 11) is -4.41. The molecule has 29 heavy (non-hydrogen) atoms. The van der Waals surface area contributed by atoms with Crippen molar-refractivity contribution >= 4 is 45.3 Å². The molecule has 0 aromatic heterocycles. The maximum Gasteiger partial charge on any atom is 0.264 e. The normalized spacial score (nSPS) is 11.9. The highest BCUT2D eigenvalue weighted by Gasteiger charge is 2.23. The van der Waals surface area contributed by atoms with Gasteiger partial charge in [0.25, 0.3) is 10.0 Å². The first-order valence-corrected chi connectivity index (χ1v) is 11.0. The third-order valence-electron chi connectivity index (χ3n) is 4.16. The van der Waals surface area contributed by atoms with E-state index in [9.17, 15) is 17.2 Å². The van der Waals surface area contributed by atoms with Gasteiger partial charge < -0.3 is 5.73 Å². The third-order valence-corrected chi connectivity index (χ3v) is 6.88. The van der Waals surface area contributed by atoms with Crippen LogP contribution in [0.2, 0.25) is 0 Å². The Morgan fingerprint density at radius 3 is 2.41 bits per heavy atom. The first-order chi connectivity index (χ1) is 13.7. The Morgan fingerprint density at radius 1 is 1.21 bits per heavy atom. The molecule has 2 rings (SSSR count). The first-order valence-electron chi connectivity index (χ1n) is 8.70. The lowest BCUT2D eigenvalue weighted by Gasteiger charge is -2.18. The predicted octanol–water partition coefficient (Wildman–Crippen LogP) is 6.04. The molecule has 0 bridgehead atoms. The molecule has 8 heteroatoms. The van der Waals surface area contributed by atoms with Crippen LogP contribution in [0.1, 0.15) is 31.4 Å². The molecule has 0 aliphatic carbocycles. The highest BCUT2D eigenvalue weighted by Crippen LogP contribution is 2.41. The van der Waals surface area contributed by atoms with Crippen LogP contribution in [-0.4, -0.2) is 8.42 Å². The zero-order chi connectivity index (χ0) is 21.8. The minimum atomic E-state index is -4.41. The Labute approximate surface area is 174 Å². The molecule has 0 saturated carbocycles. The number of nitrogen functional groups attached to an aromatic ring is 1. The maximum absolute atomic E-state index is 14.0. The van der Waals surface area contributed by atoms with Crippen molar-refractivity contribution in [3.8, 4) is 0 Å². The van der Waals surface area contributed by atoms with Gasteiger partial charge in [-0.25, -0.2) is 17.2 Å². The van der Waals surface area contributed by atoms with Gasteiger partial charge in [-0.2, -0.15) is 0 Å². The molecule has 0 unspecified atom stereocenters. The van der Waals surface area contributed by atoms with E-state index in [1.54, 1.807) is 6.07 Å².